The van der Waals surface area contributed by atoms with E-state index in [4.69, 9.17) is 9.26 Å². The van der Waals surface area contributed by atoms with Gasteiger partial charge in [0.05, 0.1) is 4.88 Å². The number of esters is 1. The van der Waals surface area contributed by atoms with Crippen LogP contribution >= 0.6 is 11.3 Å². The van der Waals surface area contributed by atoms with Crippen LogP contribution < -0.4 is 0 Å². The maximum absolute atomic E-state index is 11.9. The summed E-state index contributed by atoms with van der Waals surface area (Å²) in [6.45, 7) is -0.0754. The van der Waals surface area contributed by atoms with E-state index in [-0.39, 0.29) is 23.7 Å². The number of nitrogens with zero attached hydrogens (tertiary/aromatic N) is 1. The number of benzene rings is 1. The monoisotopic (exact) mass is 317 g/mol. The molecule has 2 heterocycles. The van der Waals surface area contributed by atoms with Crippen LogP contribution in [-0.2, 0) is 11.3 Å². The van der Waals surface area contributed by atoms with Crippen molar-refractivity contribution in [1.29, 1.82) is 0 Å². The average molecular weight is 317 g/mol. The van der Waals surface area contributed by atoms with Crippen molar-refractivity contribution in [2.45, 2.75) is 6.61 Å². The fraction of sp³-hybridized carbons (Fsp3) is 0.0667. The number of hydrogen-bond donors (Lipinski definition) is 2. The van der Waals surface area contributed by atoms with Gasteiger partial charge in [0.1, 0.15) is 29.4 Å². The Labute approximate surface area is 129 Å². The summed E-state index contributed by atoms with van der Waals surface area (Å²) in [6.07, 6.45) is 0. The Kier molecular flexibility index (Phi) is 3.80. The predicted octanol–water partition coefficient (Wildman–Crippen LogP) is 3.17. The minimum atomic E-state index is -0.710. The largest absolute Gasteiger partial charge is 0.508 e. The van der Waals surface area contributed by atoms with Crippen LogP contribution in [0.2, 0.25) is 0 Å². The number of aromatic hydroxyl groups is 2. The predicted molar refractivity (Wildman–Crippen MR) is 78.7 cm³/mol. The molecule has 7 heteroatoms. The van der Waals surface area contributed by atoms with E-state index >= 15 is 0 Å². The Morgan fingerprint density at radius 2 is 2.14 bits per heavy atom. The molecule has 22 heavy (non-hydrogen) atoms. The lowest BCUT2D eigenvalue weighted by atomic mass is 10.2. The van der Waals surface area contributed by atoms with Gasteiger partial charge in [0.25, 0.3) is 0 Å². The zero-order valence-corrected chi connectivity index (χ0v) is 12.0. The van der Waals surface area contributed by atoms with Crippen molar-refractivity contribution in [3.63, 3.8) is 0 Å². The third kappa shape index (κ3) is 2.94. The molecule has 0 fully saturated rings. The van der Waals surface area contributed by atoms with Crippen molar-refractivity contribution in [3.05, 3.63) is 53.0 Å². The van der Waals surface area contributed by atoms with Gasteiger partial charge in [0.2, 0.25) is 0 Å². The summed E-state index contributed by atoms with van der Waals surface area (Å²) in [5, 5.41) is 24.5. The molecular formula is C15H11NO5S. The number of phenols is 2. The van der Waals surface area contributed by atoms with Gasteiger partial charge in [-0.05, 0) is 23.6 Å². The summed E-state index contributed by atoms with van der Waals surface area (Å²) in [5.41, 5.74) is 0.440. The highest BCUT2D eigenvalue weighted by Gasteiger charge is 2.15. The third-order valence-electron chi connectivity index (χ3n) is 2.88. The normalized spacial score (nSPS) is 10.5. The van der Waals surface area contributed by atoms with E-state index < -0.39 is 5.97 Å². The highest BCUT2D eigenvalue weighted by atomic mass is 32.1. The highest BCUT2D eigenvalue weighted by Crippen LogP contribution is 2.26. The number of aromatic nitrogens is 1. The quantitative estimate of drug-likeness (QED) is 0.718. The molecule has 0 radical (unpaired) electrons. The summed E-state index contributed by atoms with van der Waals surface area (Å²) in [7, 11) is 0. The number of phenolic OH excluding ortho intramolecular Hbond substituents is 2. The molecule has 6 nitrogen and oxygen atoms in total. The number of carbonyl (C=O) groups excluding carboxylic acids is 1. The van der Waals surface area contributed by atoms with Gasteiger partial charge in [-0.3, -0.25) is 0 Å². The molecule has 0 aliphatic heterocycles. The first-order valence-electron chi connectivity index (χ1n) is 6.32. The first-order valence-corrected chi connectivity index (χ1v) is 7.20. The summed E-state index contributed by atoms with van der Waals surface area (Å²) in [4.78, 5) is 12.8. The van der Waals surface area contributed by atoms with Gasteiger partial charge in [0, 0.05) is 12.1 Å². The maximum atomic E-state index is 11.9. The van der Waals surface area contributed by atoms with E-state index in [1.54, 1.807) is 6.07 Å². The smallest absolute Gasteiger partial charge is 0.342 e. The molecule has 0 amide bonds. The van der Waals surface area contributed by atoms with E-state index in [0.29, 0.717) is 11.5 Å². The highest BCUT2D eigenvalue weighted by molar-refractivity contribution is 7.13. The first-order chi connectivity index (χ1) is 10.6. The van der Waals surface area contributed by atoms with Gasteiger partial charge in [0.15, 0.2) is 5.76 Å². The van der Waals surface area contributed by atoms with Crippen LogP contribution in [0.3, 0.4) is 0 Å². The van der Waals surface area contributed by atoms with Crippen molar-refractivity contribution >= 4 is 17.3 Å². The molecule has 0 saturated carbocycles. The second kappa shape index (κ2) is 5.90. The molecule has 112 valence electrons. The van der Waals surface area contributed by atoms with Gasteiger partial charge < -0.3 is 19.5 Å². The van der Waals surface area contributed by atoms with Crippen LogP contribution in [0.1, 0.15) is 16.1 Å². The van der Waals surface area contributed by atoms with Crippen LogP contribution in [0, 0.1) is 0 Å². The van der Waals surface area contributed by atoms with Gasteiger partial charge >= 0.3 is 5.97 Å². The molecule has 1 aromatic carbocycles. The van der Waals surface area contributed by atoms with Crippen molar-refractivity contribution in [3.8, 4) is 22.1 Å². The van der Waals surface area contributed by atoms with Crippen LogP contribution in [0.15, 0.2) is 46.3 Å². The van der Waals surface area contributed by atoms with Crippen LogP contribution in [0.4, 0.5) is 0 Å². The van der Waals surface area contributed by atoms with Crippen molar-refractivity contribution < 1.29 is 24.3 Å². The fourth-order valence-corrected chi connectivity index (χ4v) is 2.50. The number of hydrogen-bond acceptors (Lipinski definition) is 7. The van der Waals surface area contributed by atoms with Gasteiger partial charge in [-0.15, -0.1) is 11.3 Å². The molecule has 3 rings (SSSR count). The molecule has 0 bridgehead atoms. The number of ether oxygens (including phenoxy) is 1. The van der Waals surface area contributed by atoms with E-state index in [1.807, 2.05) is 17.5 Å². The Morgan fingerprint density at radius 3 is 2.86 bits per heavy atom. The standard InChI is InChI=1S/C15H11NO5S/c17-10-3-4-11(12(18)7-10)15(19)20-8-9-6-13(21-16-9)14-2-1-5-22-14/h1-7,17-18H,8H2. The van der Waals surface area contributed by atoms with Gasteiger partial charge in [-0.25, -0.2) is 4.79 Å². The van der Waals surface area contributed by atoms with Crippen LogP contribution in [0.25, 0.3) is 10.6 Å². The molecule has 0 atom stereocenters. The van der Waals surface area contributed by atoms with Gasteiger partial charge in [-0.2, -0.15) is 0 Å². The van der Waals surface area contributed by atoms with Gasteiger partial charge in [-0.1, -0.05) is 11.2 Å². The fourth-order valence-electron chi connectivity index (χ4n) is 1.82. The van der Waals surface area contributed by atoms with E-state index in [0.717, 1.165) is 10.9 Å². The molecule has 0 aliphatic carbocycles. The molecule has 0 aliphatic rings. The Hall–Kier alpha value is -2.80. The molecule has 2 aromatic heterocycles. The lowest BCUT2D eigenvalue weighted by molar-refractivity contribution is 0.0461. The number of rotatable bonds is 4. The summed E-state index contributed by atoms with van der Waals surface area (Å²) < 4.78 is 10.2. The number of carbonyl (C=O) groups is 1. The topological polar surface area (TPSA) is 92.8 Å². The maximum Gasteiger partial charge on any atom is 0.342 e. The molecule has 0 unspecified atom stereocenters. The van der Waals surface area contributed by atoms with Crippen molar-refractivity contribution in [1.82, 2.24) is 5.16 Å². The van der Waals surface area contributed by atoms with Crippen molar-refractivity contribution in [2.75, 3.05) is 0 Å². The minimum absolute atomic E-state index is 0.0280. The summed E-state index contributed by atoms with van der Waals surface area (Å²) in [6, 6.07) is 9.14. The van der Waals surface area contributed by atoms with Crippen LogP contribution in [-0.4, -0.2) is 21.3 Å². The lowest BCUT2D eigenvalue weighted by Crippen LogP contribution is -2.05. The lowest BCUT2D eigenvalue weighted by Gasteiger charge is -2.04. The first kappa shape index (κ1) is 14.2. The molecular weight excluding hydrogens is 306 g/mol. The second-order valence-electron chi connectivity index (χ2n) is 4.44. The molecule has 2 N–H and O–H groups in total. The SMILES string of the molecule is O=C(OCc1cc(-c2cccs2)on1)c1ccc(O)cc1O. The minimum Gasteiger partial charge on any atom is -0.508 e. The summed E-state index contributed by atoms with van der Waals surface area (Å²) in [5.74, 6) is -0.581. The molecule has 0 saturated heterocycles. The average Bonchev–Trinajstić information content (AvgIpc) is 3.16. The zero-order valence-electron chi connectivity index (χ0n) is 11.2. The van der Waals surface area contributed by atoms with E-state index in [1.165, 1.54) is 23.5 Å². The van der Waals surface area contributed by atoms with Crippen LogP contribution in [0.5, 0.6) is 11.5 Å². The van der Waals surface area contributed by atoms with Crippen molar-refractivity contribution in [2.24, 2.45) is 0 Å². The third-order valence-corrected chi connectivity index (χ3v) is 3.76. The van der Waals surface area contributed by atoms with E-state index in [9.17, 15) is 15.0 Å². The molecule has 0 spiro atoms. The second-order valence-corrected chi connectivity index (χ2v) is 5.39. The Balaban J connectivity index is 1.66. The number of thiophene rings is 1. The summed E-state index contributed by atoms with van der Waals surface area (Å²) >= 11 is 1.52. The molecule has 3 aromatic rings. The Morgan fingerprint density at radius 1 is 1.27 bits per heavy atom. The zero-order chi connectivity index (χ0) is 15.5. The Bertz CT molecular complexity index is 794. The van der Waals surface area contributed by atoms with E-state index in [2.05, 4.69) is 5.16 Å².